The number of hydrogen-bond acceptors (Lipinski definition) is 6. The molecule has 1 heterocycles. The van der Waals surface area contributed by atoms with Crippen LogP contribution in [0.3, 0.4) is 0 Å². The minimum absolute atomic E-state index is 0.0343. The van der Waals surface area contributed by atoms with Crippen LogP contribution in [-0.2, 0) is 16.9 Å². The molecule has 0 amide bonds. The summed E-state index contributed by atoms with van der Waals surface area (Å²) in [4.78, 5) is 0. The van der Waals surface area contributed by atoms with E-state index in [1.54, 1.807) is 18.2 Å². The highest BCUT2D eigenvalue weighted by Gasteiger charge is 2.49. The lowest BCUT2D eigenvalue weighted by Crippen LogP contribution is -2.56. The van der Waals surface area contributed by atoms with Crippen LogP contribution in [0.1, 0.15) is 30.0 Å². The summed E-state index contributed by atoms with van der Waals surface area (Å²) in [5.41, 5.74) is 1.99. The highest BCUT2D eigenvalue weighted by atomic mass is 35.5. The van der Waals surface area contributed by atoms with Gasteiger partial charge in [-0.15, -0.1) is 0 Å². The third kappa shape index (κ3) is 4.33. The molecule has 0 aliphatic carbocycles. The Morgan fingerprint density at radius 1 is 1.18 bits per heavy atom. The van der Waals surface area contributed by atoms with Crippen molar-refractivity contribution in [2.24, 2.45) is 0 Å². The lowest BCUT2D eigenvalue weighted by Gasteiger charge is -2.43. The van der Waals surface area contributed by atoms with E-state index >= 15 is 0 Å². The number of aliphatic hydroxyl groups excluding tert-OH is 3. The molecule has 4 N–H and O–H groups in total. The smallest absolute Gasteiger partial charge is 0.222 e. The zero-order valence-electron chi connectivity index (χ0n) is 15.6. The second kappa shape index (κ2) is 8.78. The monoisotopic (exact) mass is 408 g/mol. The number of halogens is 1. The fourth-order valence-electron chi connectivity index (χ4n) is 3.40. The molecule has 3 rings (SSSR count). The zero-order chi connectivity index (χ0) is 20.3. The van der Waals surface area contributed by atoms with Gasteiger partial charge in [0.1, 0.15) is 11.9 Å². The summed E-state index contributed by atoms with van der Waals surface area (Å²) in [5, 5.41) is 41.2. The molecule has 1 saturated heterocycles. The van der Waals surface area contributed by atoms with Gasteiger partial charge in [0, 0.05) is 17.0 Å². The van der Waals surface area contributed by atoms with Crippen molar-refractivity contribution in [3.8, 4) is 5.75 Å². The molecule has 2 aromatic carbocycles. The SMILES string of the molecule is CCOc1ccc(Cc2cc([C@]3(O)O[C@H](CO)C[C@H](O)[C@H]3O)ccc2Cl)cc1. The van der Waals surface area contributed by atoms with E-state index in [-0.39, 0.29) is 18.6 Å². The predicted molar refractivity (Wildman–Crippen MR) is 104 cm³/mol. The van der Waals surface area contributed by atoms with Gasteiger partial charge >= 0.3 is 0 Å². The molecule has 0 saturated carbocycles. The maximum Gasteiger partial charge on any atom is 0.222 e. The Morgan fingerprint density at radius 3 is 2.54 bits per heavy atom. The van der Waals surface area contributed by atoms with Crippen molar-refractivity contribution in [1.82, 2.24) is 0 Å². The first-order valence-electron chi connectivity index (χ1n) is 9.25. The van der Waals surface area contributed by atoms with Crippen LogP contribution in [0.25, 0.3) is 0 Å². The molecule has 2 aromatic rings. The Kier molecular flexibility index (Phi) is 6.60. The molecule has 0 unspecified atom stereocenters. The van der Waals surface area contributed by atoms with E-state index in [2.05, 4.69) is 0 Å². The lowest BCUT2D eigenvalue weighted by molar-refractivity contribution is -0.334. The van der Waals surface area contributed by atoms with Gasteiger partial charge < -0.3 is 29.9 Å². The van der Waals surface area contributed by atoms with Gasteiger partial charge in [0.25, 0.3) is 0 Å². The minimum atomic E-state index is -2.14. The number of hydrogen-bond donors (Lipinski definition) is 4. The lowest BCUT2D eigenvalue weighted by atomic mass is 9.88. The van der Waals surface area contributed by atoms with E-state index in [0.29, 0.717) is 18.1 Å². The Morgan fingerprint density at radius 2 is 1.89 bits per heavy atom. The van der Waals surface area contributed by atoms with Gasteiger partial charge in [0.15, 0.2) is 0 Å². The van der Waals surface area contributed by atoms with E-state index in [1.165, 1.54) is 0 Å². The summed E-state index contributed by atoms with van der Waals surface area (Å²) < 4.78 is 11.0. The quantitative estimate of drug-likeness (QED) is 0.583. The van der Waals surface area contributed by atoms with Gasteiger partial charge in [0.2, 0.25) is 5.79 Å². The molecule has 152 valence electrons. The Labute approximate surface area is 168 Å². The van der Waals surface area contributed by atoms with Gasteiger partial charge in [0.05, 0.1) is 25.4 Å². The van der Waals surface area contributed by atoms with Crippen molar-refractivity contribution in [2.75, 3.05) is 13.2 Å². The Hall–Kier alpha value is -1.67. The third-order valence-corrected chi connectivity index (χ3v) is 5.28. The molecule has 4 atom stereocenters. The number of rotatable bonds is 6. The standard InChI is InChI=1S/C21H25ClO6/c1-2-27-16-6-3-13(4-7-16)9-14-10-15(5-8-18(14)22)21(26)20(25)19(24)11-17(12-23)28-21/h3-8,10,17,19-20,23-26H,2,9,11-12H2,1H3/t17-,19-,20+,21-/m0/s1. The minimum Gasteiger partial charge on any atom is -0.494 e. The summed E-state index contributed by atoms with van der Waals surface area (Å²) in [6.07, 6.45) is -3.02. The normalized spacial score (nSPS) is 27.6. The Bertz CT molecular complexity index is 796. The topological polar surface area (TPSA) is 99.4 Å². The summed E-state index contributed by atoms with van der Waals surface area (Å²) in [7, 11) is 0. The molecule has 7 heteroatoms. The zero-order valence-corrected chi connectivity index (χ0v) is 16.3. The average Bonchev–Trinajstić information content (AvgIpc) is 2.69. The van der Waals surface area contributed by atoms with E-state index < -0.39 is 24.1 Å². The molecule has 0 aromatic heterocycles. The fraction of sp³-hybridized carbons (Fsp3) is 0.429. The van der Waals surface area contributed by atoms with E-state index in [0.717, 1.165) is 16.9 Å². The predicted octanol–water partition coefficient (Wildman–Crippen LogP) is 1.98. The number of benzene rings is 2. The fourth-order valence-corrected chi connectivity index (χ4v) is 3.59. The van der Waals surface area contributed by atoms with Crippen molar-refractivity contribution in [3.05, 3.63) is 64.2 Å². The first-order chi connectivity index (χ1) is 13.4. The molecule has 28 heavy (non-hydrogen) atoms. The first-order valence-corrected chi connectivity index (χ1v) is 9.63. The summed E-state index contributed by atoms with van der Waals surface area (Å²) >= 11 is 6.33. The van der Waals surface area contributed by atoms with Gasteiger partial charge in [-0.3, -0.25) is 0 Å². The largest absolute Gasteiger partial charge is 0.494 e. The Balaban J connectivity index is 1.88. The highest BCUT2D eigenvalue weighted by molar-refractivity contribution is 6.31. The molecule has 0 spiro atoms. The van der Waals surface area contributed by atoms with Crippen molar-refractivity contribution < 1.29 is 29.9 Å². The van der Waals surface area contributed by atoms with Crippen LogP contribution < -0.4 is 4.74 Å². The number of ether oxygens (including phenoxy) is 2. The molecule has 0 bridgehead atoms. The van der Waals surface area contributed by atoms with E-state index in [9.17, 15) is 20.4 Å². The average molecular weight is 409 g/mol. The van der Waals surface area contributed by atoms with Crippen LogP contribution in [0, 0.1) is 0 Å². The first kappa shape index (κ1) is 21.0. The van der Waals surface area contributed by atoms with Crippen LogP contribution in [-0.4, -0.2) is 52.0 Å². The molecular weight excluding hydrogens is 384 g/mol. The van der Waals surface area contributed by atoms with Gasteiger partial charge in [-0.25, -0.2) is 0 Å². The highest BCUT2D eigenvalue weighted by Crippen LogP contribution is 2.37. The van der Waals surface area contributed by atoms with Crippen LogP contribution >= 0.6 is 11.6 Å². The molecule has 1 aliphatic rings. The van der Waals surface area contributed by atoms with Crippen molar-refractivity contribution in [3.63, 3.8) is 0 Å². The third-order valence-electron chi connectivity index (χ3n) is 4.91. The molecular formula is C21H25ClO6. The summed E-state index contributed by atoms with van der Waals surface area (Å²) in [6.45, 7) is 2.14. The van der Waals surface area contributed by atoms with Crippen LogP contribution in [0.15, 0.2) is 42.5 Å². The van der Waals surface area contributed by atoms with Crippen LogP contribution in [0.2, 0.25) is 5.02 Å². The number of aliphatic hydroxyl groups is 4. The second-order valence-electron chi connectivity index (χ2n) is 6.93. The maximum absolute atomic E-state index is 11.0. The van der Waals surface area contributed by atoms with Gasteiger partial charge in [-0.05, 0) is 48.7 Å². The van der Waals surface area contributed by atoms with Crippen molar-refractivity contribution >= 4 is 11.6 Å². The second-order valence-corrected chi connectivity index (χ2v) is 7.33. The van der Waals surface area contributed by atoms with E-state index in [1.807, 2.05) is 31.2 Å². The molecule has 1 aliphatic heterocycles. The van der Waals surface area contributed by atoms with Crippen LogP contribution in [0.5, 0.6) is 5.75 Å². The van der Waals surface area contributed by atoms with Crippen molar-refractivity contribution in [1.29, 1.82) is 0 Å². The molecule has 6 nitrogen and oxygen atoms in total. The van der Waals surface area contributed by atoms with Crippen LogP contribution in [0.4, 0.5) is 0 Å². The molecule has 1 fully saturated rings. The van der Waals surface area contributed by atoms with Gasteiger partial charge in [-0.1, -0.05) is 29.8 Å². The van der Waals surface area contributed by atoms with Gasteiger partial charge in [-0.2, -0.15) is 0 Å². The maximum atomic E-state index is 11.0. The molecule has 0 radical (unpaired) electrons. The van der Waals surface area contributed by atoms with E-state index in [4.69, 9.17) is 21.1 Å². The summed E-state index contributed by atoms with van der Waals surface area (Å²) in [6, 6.07) is 12.4. The summed E-state index contributed by atoms with van der Waals surface area (Å²) in [5.74, 6) is -1.35. The van der Waals surface area contributed by atoms with Crippen molar-refractivity contribution in [2.45, 2.75) is 43.9 Å².